The zero-order valence-electron chi connectivity index (χ0n) is 13.9. The SMILES string of the molecule is CCOc1cc(/C=N\NC(=O)[C@H](C)Oc2cccc(Br)c2)ccc1O. The lowest BCUT2D eigenvalue weighted by Gasteiger charge is -2.13. The number of carbonyl (C=O) groups is 1. The van der Waals surface area contributed by atoms with Crippen molar-refractivity contribution < 1.29 is 19.4 Å². The number of aromatic hydroxyl groups is 1. The number of nitrogens with zero attached hydrogens (tertiary/aromatic N) is 1. The number of rotatable bonds is 7. The first-order chi connectivity index (χ1) is 12.0. The summed E-state index contributed by atoms with van der Waals surface area (Å²) < 4.78 is 11.7. The molecule has 0 bridgehead atoms. The van der Waals surface area contributed by atoms with E-state index in [0.717, 1.165) is 4.47 Å². The Balaban J connectivity index is 1.92. The van der Waals surface area contributed by atoms with Crippen molar-refractivity contribution in [1.82, 2.24) is 5.43 Å². The number of phenolic OH excluding ortho intramolecular Hbond substituents is 1. The van der Waals surface area contributed by atoms with Gasteiger partial charge in [0.25, 0.3) is 5.91 Å². The highest BCUT2D eigenvalue weighted by Gasteiger charge is 2.14. The summed E-state index contributed by atoms with van der Waals surface area (Å²) in [6, 6.07) is 12.0. The largest absolute Gasteiger partial charge is 0.504 e. The first kappa shape index (κ1) is 18.8. The molecule has 6 nitrogen and oxygen atoms in total. The summed E-state index contributed by atoms with van der Waals surface area (Å²) >= 11 is 3.35. The van der Waals surface area contributed by atoms with Gasteiger partial charge < -0.3 is 14.6 Å². The Labute approximate surface area is 154 Å². The van der Waals surface area contributed by atoms with Gasteiger partial charge in [-0.25, -0.2) is 5.43 Å². The Kier molecular flexibility index (Phi) is 6.82. The molecule has 0 heterocycles. The number of hydrazone groups is 1. The highest BCUT2D eigenvalue weighted by atomic mass is 79.9. The third-order valence-electron chi connectivity index (χ3n) is 3.15. The molecule has 25 heavy (non-hydrogen) atoms. The summed E-state index contributed by atoms with van der Waals surface area (Å²) in [6.07, 6.45) is 0.761. The second-order valence-electron chi connectivity index (χ2n) is 5.11. The fraction of sp³-hybridized carbons (Fsp3) is 0.222. The van der Waals surface area contributed by atoms with Crippen LogP contribution in [0, 0.1) is 0 Å². The van der Waals surface area contributed by atoms with Crippen LogP contribution in [0.2, 0.25) is 0 Å². The minimum atomic E-state index is -0.703. The van der Waals surface area contributed by atoms with Gasteiger partial charge in [-0.2, -0.15) is 5.10 Å². The lowest BCUT2D eigenvalue weighted by molar-refractivity contribution is -0.127. The fourth-order valence-corrected chi connectivity index (χ4v) is 2.32. The Bertz CT molecular complexity index is 764. The summed E-state index contributed by atoms with van der Waals surface area (Å²) in [7, 11) is 0. The van der Waals surface area contributed by atoms with E-state index in [1.54, 1.807) is 31.2 Å². The van der Waals surface area contributed by atoms with Crippen molar-refractivity contribution in [3.05, 3.63) is 52.5 Å². The van der Waals surface area contributed by atoms with E-state index in [9.17, 15) is 9.90 Å². The van der Waals surface area contributed by atoms with Crippen molar-refractivity contribution >= 4 is 28.1 Å². The summed E-state index contributed by atoms with van der Waals surface area (Å²) in [5.41, 5.74) is 3.10. The highest BCUT2D eigenvalue weighted by Crippen LogP contribution is 2.26. The lowest BCUT2D eigenvalue weighted by Crippen LogP contribution is -2.33. The zero-order chi connectivity index (χ0) is 18.2. The Morgan fingerprint density at radius 1 is 1.36 bits per heavy atom. The third kappa shape index (κ3) is 5.79. The van der Waals surface area contributed by atoms with Gasteiger partial charge in [0, 0.05) is 4.47 Å². The van der Waals surface area contributed by atoms with Crippen molar-refractivity contribution in [2.45, 2.75) is 20.0 Å². The number of ether oxygens (including phenoxy) is 2. The Morgan fingerprint density at radius 2 is 2.16 bits per heavy atom. The molecule has 2 aromatic rings. The maximum absolute atomic E-state index is 12.0. The smallest absolute Gasteiger partial charge is 0.280 e. The van der Waals surface area contributed by atoms with Crippen LogP contribution >= 0.6 is 15.9 Å². The van der Waals surface area contributed by atoms with Gasteiger partial charge in [0.2, 0.25) is 0 Å². The molecule has 0 aliphatic heterocycles. The van der Waals surface area contributed by atoms with Crippen molar-refractivity contribution in [2.24, 2.45) is 5.10 Å². The van der Waals surface area contributed by atoms with E-state index in [2.05, 4.69) is 26.5 Å². The fourth-order valence-electron chi connectivity index (χ4n) is 1.94. The Hall–Kier alpha value is -2.54. The molecule has 1 amide bonds. The van der Waals surface area contributed by atoms with Gasteiger partial charge in [0.05, 0.1) is 12.8 Å². The van der Waals surface area contributed by atoms with Gasteiger partial charge in [-0.05, 0) is 55.8 Å². The first-order valence-corrected chi connectivity index (χ1v) is 8.50. The quantitative estimate of drug-likeness (QED) is 0.544. The van der Waals surface area contributed by atoms with Crippen LogP contribution in [0.3, 0.4) is 0 Å². The van der Waals surface area contributed by atoms with Gasteiger partial charge in [-0.15, -0.1) is 0 Å². The summed E-state index contributed by atoms with van der Waals surface area (Å²) in [5, 5.41) is 13.6. The van der Waals surface area contributed by atoms with E-state index in [0.29, 0.717) is 23.7 Å². The van der Waals surface area contributed by atoms with E-state index in [1.807, 2.05) is 19.1 Å². The molecule has 0 saturated heterocycles. The normalized spacial score (nSPS) is 12.0. The van der Waals surface area contributed by atoms with Crippen LogP contribution in [-0.4, -0.2) is 29.9 Å². The van der Waals surface area contributed by atoms with E-state index in [4.69, 9.17) is 9.47 Å². The molecule has 0 spiro atoms. The second-order valence-corrected chi connectivity index (χ2v) is 6.03. The van der Waals surface area contributed by atoms with E-state index in [-0.39, 0.29) is 11.7 Å². The van der Waals surface area contributed by atoms with Crippen LogP contribution in [0.25, 0.3) is 0 Å². The number of hydrogen-bond acceptors (Lipinski definition) is 5. The van der Waals surface area contributed by atoms with Crippen LogP contribution in [0.4, 0.5) is 0 Å². The van der Waals surface area contributed by atoms with Crippen molar-refractivity contribution in [2.75, 3.05) is 6.61 Å². The van der Waals surface area contributed by atoms with Crippen LogP contribution in [0.5, 0.6) is 17.2 Å². The molecular formula is C18H19BrN2O4. The summed E-state index contributed by atoms with van der Waals surface area (Å²) in [4.78, 5) is 12.0. The first-order valence-electron chi connectivity index (χ1n) is 7.70. The summed E-state index contributed by atoms with van der Waals surface area (Å²) in [6.45, 7) is 3.90. The molecule has 0 unspecified atom stereocenters. The second kappa shape index (κ2) is 9.08. The molecule has 7 heteroatoms. The minimum absolute atomic E-state index is 0.0547. The molecule has 0 radical (unpaired) electrons. The predicted octanol–water partition coefficient (Wildman–Crippen LogP) is 3.47. The molecular weight excluding hydrogens is 388 g/mol. The number of hydrogen-bond donors (Lipinski definition) is 2. The average molecular weight is 407 g/mol. The molecule has 1 atom stereocenters. The predicted molar refractivity (Wildman–Crippen MR) is 99.2 cm³/mol. The van der Waals surface area contributed by atoms with Crippen molar-refractivity contribution in [3.63, 3.8) is 0 Å². The van der Waals surface area contributed by atoms with Gasteiger partial charge >= 0.3 is 0 Å². The number of amides is 1. The monoisotopic (exact) mass is 406 g/mol. The molecule has 2 rings (SSSR count). The maximum Gasteiger partial charge on any atom is 0.280 e. The highest BCUT2D eigenvalue weighted by molar-refractivity contribution is 9.10. The molecule has 132 valence electrons. The standard InChI is InChI=1S/C18H19BrN2O4/c1-3-24-17-9-13(7-8-16(17)22)11-20-21-18(23)12(2)25-15-6-4-5-14(19)10-15/h4-12,22H,3H2,1-2H3,(H,21,23)/b20-11-/t12-/m0/s1. The number of benzene rings is 2. The van der Waals surface area contributed by atoms with Gasteiger partial charge in [-0.3, -0.25) is 4.79 Å². The van der Waals surface area contributed by atoms with E-state index >= 15 is 0 Å². The van der Waals surface area contributed by atoms with Gasteiger partial charge in [-0.1, -0.05) is 22.0 Å². The van der Waals surface area contributed by atoms with Crippen LogP contribution in [0.1, 0.15) is 19.4 Å². The average Bonchev–Trinajstić information content (AvgIpc) is 2.58. The molecule has 0 aliphatic rings. The van der Waals surface area contributed by atoms with Crippen molar-refractivity contribution in [1.29, 1.82) is 0 Å². The number of carbonyl (C=O) groups excluding carboxylic acids is 1. The van der Waals surface area contributed by atoms with Crippen LogP contribution in [-0.2, 0) is 4.79 Å². The molecule has 0 aromatic heterocycles. The lowest BCUT2D eigenvalue weighted by atomic mass is 10.2. The zero-order valence-corrected chi connectivity index (χ0v) is 15.5. The van der Waals surface area contributed by atoms with E-state index < -0.39 is 6.10 Å². The van der Waals surface area contributed by atoms with Crippen LogP contribution < -0.4 is 14.9 Å². The van der Waals surface area contributed by atoms with Crippen LogP contribution in [0.15, 0.2) is 52.0 Å². The molecule has 0 saturated carbocycles. The molecule has 0 aliphatic carbocycles. The Morgan fingerprint density at radius 3 is 2.88 bits per heavy atom. The molecule has 2 aromatic carbocycles. The summed E-state index contributed by atoms with van der Waals surface area (Å²) in [5.74, 6) is 0.629. The van der Waals surface area contributed by atoms with E-state index in [1.165, 1.54) is 12.3 Å². The van der Waals surface area contributed by atoms with Crippen molar-refractivity contribution in [3.8, 4) is 17.2 Å². The van der Waals surface area contributed by atoms with Gasteiger partial charge in [0.15, 0.2) is 17.6 Å². The van der Waals surface area contributed by atoms with Gasteiger partial charge in [0.1, 0.15) is 5.75 Å². The topological polar surface area (TPSA) is 80.2 Å². The number of nitrogens with one attached hydrogen (secondary N) is 1. The third-order valence-corrected chi connectivity index (χ3v) is 3.64. The number of halogens is 1. The minimum Gasteiger partial charge on any atom is -0.504 e. The maximum atomic E-state index is 12.0. The molecule has 0 fully saturated rings. The number of phenols is 1. The molecule has 2 N–H and O–H groups in total.